The molecule has 1 amide bonds. The third-order valence-electron chi connectivity index (χ3n) is 4.78. The highest BCUT2D eigenvalue weighted by Gasteiger charge is 2.50. The molecule has 3 atom stereocenters. The maximum absolute atomic E-state index is 13.4. The van der Waals surface area contributed by atoms with E-state index < -0.39 is 16.3 Å². The summed E-state index contributed by atoms with van der Waals surface area (Å²) in [6.45, 7) is 2.04. The van der Waals surface area contributed by atoms with Gasteiger partial charge in [-0.05, 0) is 24.1 Å². The Morgan fingerprint density at radius 3 is 2.29 bits per heavy atom. The molecule has 1 heterocycles. The molecular formula is C22H21Br2NO3. The molecule has 146 valence electrons. The Labute approximate surface area is 181 Å². The summed E-state index contributed by atoms with van der Waals surface area (Å²) in [4.78, 5) is 27.5. The number of benzene rings is 2. The van der Waals surface area contributed by atoms with Crippen molar-refractivity contribution in [3.63, 3.8) is 0 Å². The predicted molar refractivity (Wildman–Crippen MR) is 116 cm³/mol. The minimum atomic E-state index is -1.11. The number of hydrogen-bond acceptors (Lipinski definition) is 3. The van der Waals surface area contributed by atoms with E-state index in [1.807, 2.05) is 60.7 Å². The summed E-state index contributed by atoms with van der Waals surface area (Å²) < 4.78 is 4.20. The molecule has 0 N–H and O–H groups in total. The zero-order valence-corrected chi connectivity index (χ0v) is 18.8. The van der Waals surface area contributed by atoms with Crippen molar-refractivity contribution in [2.75, 3.05) is 13.7 Å². The van der Waals surface area contributed by atoms with Crippen LogP contribution in [0.1, 0.15) is 28.9 Å². The Balaban J connectivity index is 2.13. The maximum Gasteiger partial charge on any atom is 0.336 e. The van der Waals surface area contributed by atoms with Crippen LogP contribution in [0.25, 0.3) is 0 Å². The van der Waals surface area contributed by atoms with Crippen LogP contribution in [-0.4, -0.2) is 34.8 Å². The maximum atomic E-state index is 13.4. The summed E-state index contributed by atoms with van der Waals surface area (Å²) in [6, 6.07) is 18.6. The summed E-state index contributed by atoms with van der Waals surface area (Å²) in [5, 5.41) is 0. The number of amides is 1. The molecular weight excluding hydrogens is 486 g/mol. The average Bonchev–Trinajstić information content (AvgIpc) is 2.72. The molecule has 0 radical (unpaired) electrons. The van der Waals surface area contributed by atoms with Crippen molar-refractivity contribution in [3.8, 4) is 0 Å². The highest BCUT2D eigenvalue weighted by atomic mass is 79.9. The van der Waals surface area contributed by atoms with E-state index in [1.165, 1.54) is 0 Å². The molecule has 6 heteroatoms. The van der Waals surface area contributed by atoms with Gasteiger partial charge < -0.3 is 9.64 Å². The number of nitrogens with zero attached hydrogens (tertiary/aromatic N) is 1. The monoisotopic (exact) mass is 505 g/mol. The molecule has 0 spiro atoms. The zero-order valence-electron chi connectivity index (χ0n) is 15.6. The Morgan fingerprint density at radius 1 is 1.14 bits per heavy atom. The van der Waals surface area contributed by atoms with Crippen molar-refractivity contribution in [1.82, 2.24) is 4.90 Å². The number of ether oxygens (including phenoxy) is 1. The molecule has 0 bridgehead atoms. The molecule has 0 saturated heterocycles. The highest BCUT2D eigenvalue weighted by molar-refractivity contribution is 9.12. The molecule has 1 aliphatic rings. The second-order valence-electron chi connectivity index (χ2n) is 6.59. The summed E-state index contributed by atoms with van der Waals surface area (Å²) >= 11 is 7.31. The van der Waals surface area contributed by atoms with E-state index in [-0.39, 0.29) is 17.3 Å². The number of likely N-dealkylation sites (N-methyl/N-ethyl adjacent to an activating group) is 1. The number of halogens is 2. The van der Waals surface area contributed by atoms with Crippen LogP contribution in [0.5, 0.6) is 0 Å². The SMILES string of the molecule is CCOC(=O)C1=CC(Br)(C(Br)c2ccccc2)C(=O)N(C)C1c1ccccc1. The van der Waals surface area contributed by atoms with Crippen molar-refractivity contribution < 1.29 is 14.3 Å². The number of esters is 1. The molecule has 2 aromatic rings. The third-order valence-corrected chi connectivity index (χ3v) is 7.67. The van der Waals surface area contributed by atoms with E-state index in [0.717, 1.165) is 11.1 Å². The van der Waals surface area contributed by atoms with Gasteiger partial charge in [0, 0.05) is 7.05 Å². The van der Waals surface area contributed by atoms with Crippen LogP contribution in [0.2, 0.25) is 0 Å². The summed E-state index contributed by atoms with van der Waals surface area (Å²) in [6.07, 6.45) is 1.71. The lowest BCUT2D eigenvalue weighted by Gasteiger charge is -2.42. The normalized spacial score (nSPS) is 23.1. The highest BCUT2D eigenvalue weighted by Crippen LogP contribution is 2.49. The average molecular weight is 507 g/mol. The van der Waals surface area contributed by atoms with Gasteiger partial charge in [0.15, 0.2) is 0 Å². The Hall–Kier alpha value is -1.92. The topological polar surface area (TPSA) is 46.6 Å². The minimum absolute atomic E-state index is 0.139. The first-order chi connectivity index (χ1) is 13.4. The van der Waals surface area contributed by atoms with Crippen molar-refractivity contribution in [1.29, 1.82) is 0 Å². The minimum Gasteiger partial charge on any atom is -0.463 e. The summed E-state index contributed by atoms with van der Waals surface area (Å²) in [5.41, 5.74) is 2.23. The standard InChI is InChI=1S/C22H21Br2NO3/c1-3-28-20(26)17-14-22(24,19(23)16-12-8-5-9-13-16)21(27)25(2)18(17)15-10-6-4-7-11-15/h4-14,18-19H,3H2,1-2H3. The molecule has 0 saturated carbocycles. The number of hydrogen-bond donors (Lipinski definition) is 0. The van der Waals surface area contributed by atoms with Gasteiger partial charge >= 0.3 is 5.97 Å². The van der Waals surface area contributed by atoms with E-state index >= 15 is 0 Å². The van der Waals surface area contributed by atoms with Gasteiger partial charge in [0.2, 0.25) is 5.91 Å². The fourth-order valence-electron chi connectivity index (χ4n) is 3.43. The lowest BCUT2D eigenvalue weighted by molar-refractivity contribution is -0.141. The molecule has 28 heavy (non-hydrogen) atoms. The molecule has 0 aliphatic carbocycles. The van der Waals surface area contributed by atoms with Crippen LogP contribution < -0.4 is 0 Å². The second kappa shape index (κ2) is 8.62. The molecule has 0 fully saturated rings. The third kappa shape index (κ3) is 3.80. The van der Waals surface area contributed by atoms with Gasteiger partial charge in [-0.25, -0.2) is 4.79 Å². The Bertz CT molecular complexity index is 885. The first-order valence-corrected chi connectivity index (χ1v) is 10.7. The van der Waals surface area contributed by atoms with Crippen LogP contribution >= 0.6 is 31.9 Å². The summed E-state index contributed by atoms with van der Waals surface area (Å²) in [7, 11) is 1.72. The smallest absolute Gasteiger partial charge is 0.336 e. The van der Waals surface area contributed by atoms with Crippen molar-refractivity contribution in [3.05, 3.63) is 83.4 Å². The van der Waals surface area contributed by atoms with E-state index in [2.05, 4.69) is 31.9 Å². The van der Waals surface area contributed by atoms with E-state index in [9.17, 15) is 9.59 Å². The molecule has 3 unspecified atom stereocenters. The van der Waals surface area contributed by atoms with E-state index in [0.29, 0.717) is 5.57 Å². The van der Waals surface area contributed by atoms with Crippen LogP contribution in [0.15, 0.2) is 72.3 Å². The van der Waals surface area contributed by atoms with Crippen LogP contribution in [0.3, 0.4) is 0 Å². The molecule has 1 aliphatic heterocycles. The predicted octanol–water partition coefficient (Wildman–Crippen LogP) is 4.96. The first kappa shape index (κ1) is 20.8. The van der Waals surface area contributed by atoms with Gasteiger partial charge in [0.05, 0.1) is 23.0 Å². The fraction of sp³-hybridized carbons (Fsp3) is 0.273. The van der Waals surface area contributed by atoms with Gasteiger partial charge in [-0.1, -0.05) is 92.5 Å². The van der Waals surface area contributed by atoms with Gasteiger partial charge in [0.25, 0.3) is 0 Å². The molecule has 2 aromatic carbocycles. The van der Waals surface area contributed by atoms with Crippen LogP contribution in [-0.2, 0) is 14.3 Å². The first-order valence-electron chi connectivity index (χ1n) is 9.00. The lowest BCUT2D eigenvalue weighted by atomic mass is 9.85. The van der Waals surface area contributed by atoms with Crippen molar-refractivity contribution in [2.45, 2.75) is 22.1 Å². The summed E-state index contributed by atoms with van der Waals surface area (Å²) in [5.74, 6) is -0.563. The number of rotatable bonds is 5. The molecule has 4 nitrogen and oxygen atoms in total. The van der Waals surface area contributed by atoms with Gasteiger partial charge in [0.1, 0.15) is 4.32 Å². The Kier molecular flexibility index (Phi) is 6.40. The van der Waals surface area contributed by atoms with E-state index in [4.69, 9.17) is 4.74 Å². The number of carbonyl (C=O) groups is 2. The lowest BCUT2D eigenvalue weighted by Crippen LogP contribution is -2.51. The Morgan fingerprint density at radius 2 is 1.71 bits per heavy atom. The quantitative estimate of drug-likeness (QED) is 0.425. The largest absolute Gasteiger partial charge is 0.463 e. The van der Waals surface area contributed by atoms with Crippen LogP contribution in [0.4, 0.5) is 0 Å². The van der Waals surface area contributed by atoms with Crippen molar-refractivity contribution in [2.24, 2.45) is 0 Å². The van der Waals surface area contributed by atoms with Crippen molar-refractivity contribution >= 4 is 43.7 Å². The second-order valence-corrected chi connectivity index (χ2v) is 8.82. The van der Waals surface area contributed by atoms with E-state index in [1.54, 1.807) is 24.9 Å². The van der Waals surface area contributed by atoms with Gasteiger partial charge in [-0.2, -0.15) is 0 Å². The van der Waals surface area contributed by atoms with Crippen LogP contribution in [0, 0.1) is 0 Å². The fourth-order valence-corrected chi connectivity index (χ4v) is 4.86. The van der Waals surface area contributed by atoms with Gasteiger partial charge in [-0.15, -0.1) is 0 Å². The molecule has 0 aromatic heterocycles. The zero-order chi connectivity index (χ0) is 20.3. The van der Waals surface area contributed by atoms with Gasteiger partial charge in [-0.3, -0.25) is 4.79 Å². The number of alkyl halides is 2. The number of carbonyl (C=O) groups excluding carboxylic acids is 2. The molecule has 3 rings (SSSR count).